The first-order valence-electron chi connectivity index (χ1n) is 7.28. The summed E-state index contributed by atoms with van der Waals surface area (Å²) >= 11 is 0. The molecule has 2 heterocycles. The molecule has 1 N–H and O–H groups in total. The third-order valence-electron chi connectivity index (χ3n) is 3.57. The Morgan fingerprint density at radius 1 is 1.00 bits per heavy atom. The smallest absolute Gasteiger partial charge is 0.0734 e. The number of aryl methyl sites for hydroxylation is 1. The fourth-order valence-corrected chi connectivity index (χ4v) is 2.41. The van der Waals surface area contributed by atoms with Crippen molar-refractivity contribution in [1.82, 2.24) is 15.3 Å². The van der Waals surface area contributed by atoms with E-state index in [1.807, 2.05) is 18.5 Å². The van der Waals surface area contributed by atoms with Crippen LogP contribution >= 0.6 is 0 Å². The zero-order chi connectivity index (χ0) is 14.5. The van der Waals surface area contributed by atoms with Crippen molar-refractivity contribution in [3.8, 4) is 0 Å². The van der Waals surface area contributed by atoms with Gasteiger partial charge in [0.2, 0.25) is 0 Å². The van der Waals surface area contributed by atoms with E-state index in [-0.39, 0.29) is 0 Å². The first-order valence-corrected chi connectivity index (χ1v) is 7.28. The van der Waals surface area contributed by atoms with Crippen molar-refractivity contribution >= 4 is 10.9 Å². The van der Waals surface area contributed by atoms with Crippen LogP contribution in [-0.2, 0) is 13.0 Å². The van der Waals surface area contributed by atoms with Crippen molar-refractivity contribution in [3.63, 3.8) is 0 Å². The molecule has 106 valence electrons. The molecule has 2 aromatic heterocycles. The summed E-state index contributed by atoms with van der Waals surface area (Å²) in [6.45, 7) is 3.78. The predicted octanol–water partition coefficient (Wildman–Crippen LogP) is 3.27. The van der Waals surface area contributed by atoms with Gasteiger partial charge in [-0.3, -0.25) is 9.97 Å². The van der Waals surface area contributed by atoms with Crippen molar-refractivity contribution in [3.05, 3.63) is 71.7 Å². The van der Waals surface area contributed by atoms with Crippen LogP contribution in [0.15, 0.2) is 54.9 Å². The van der Waals surface area contributed by atoms with Gasteiger partial charge in [-0.2, -0.15) is 0 Å². The maximum atomic E-state index is 4.49. The minimum atomic E-state index is 0.804. The number of nitrogens with zero attached hydrogens (tertiary/aromatic N) is 2. The SMILES string of the molecule is Cc1ccc(CNCCc2cccc3cccnc23)nc1. The maximum absolute atomic E-state index is 4.49. The molecular weight excluding hydrogens is 258 g/mol. The number of hydrogen-bond acceptors (Lipinski definition) is 3. The third kappa shape index (κ3) is 3.44. The number of pyridine rings is 2. The molecule has 0 amide bonds. The summed E-state index contributed by atoms with van der Waals surface area (Å²) in [5.74, 6) is 0. The summed E-state index contributed by atoms with van der Waals surface area (Å²) in [6.07, 6.45) is 4.74. The summed E-state index contributed by atoms with van der Waals surface area (Å²) in [5, 5.41) is 4.65. The molecule has 0 aliphatic carbocycles. The highest BCUT2D eigenvalue weighted by atomic mass is 14.9. The molecule has 3 rings (SSSR count). The lowest BCUT2D eigenvalue weighted by atomic mass is 10.1. The molecule has 3 aromatic rings. The lowest BCUT2D eigenvalue weighted by Crippen LogP contribution is -2.17. The minimum Gasteiger partial charge on any atom is -0.311 e. The van der Waals surface area contributed by atoms with Gasteiger partial charge in [-0.05, 0) is 43.1 Å². The van der Waals surface area contributed by atoms with Crippen molar-refractivity contribution in [1.29, 1.82) is 0 Å². The highest BCUT2D eigenvalue weighted by molar-refractivity contribution is 5.81. The van der Waals surface area contributed by atoms with E-state index in [0.29, 0.717) is 0 Å². The minimum absolute atomic E-state index is 0.804. The third-order valence-corrected chi connectivity index (χ3v) is 3.57. The van der Waals surface area contributed by atoms with Crippen LogP contribution in [0.3, 0.4) is 0 Å². The summed E-state index contributed by atoms with van der Waals surface area (Å²) in [5.41, 5.74) is 4.67. The van der Waals surface area contributed by atoms with E-state index < -0.39 is 0 Å². The normalized spacial score (nSPS) is 10.9. The van der Waals surface area contributed by atoms with E-state index in [1.54, 1.807) is 0 Å². The molecular formula is C18H19N3. The summed E-state index contributed by atoms with van der Waals surface area (Å²) in [6, 6.07) is 14.6. The van der Waals surface area contributed by atoms with Crippen LogP contribution in [0.2, 0.25) is 0 Å². The van der Waals surface area contributed by atoms with E-state index in [4.69, 9.17) is 0 Å². The molecule has 21 heavy (non-hydrogen) atoms. The molecule has 0 atom stereocenters. The Labute approximate surface area is 125 Å². The second-order valence-electron chi connectivity index (χ2n) is 5.25. The largest absolute Gasteiger partial charge is 0.311 e. The maximum Gasteiger partial charge on any atom is 0.0734 e. The van der Waals surface area contributed by atoms with Crippen LogP contribution in [-0.4, -0.2) is 16.5 Å². The molecule has 0 bridgehead atoms. The van der Waals surface area contributed by atoms with Gasteiger partial charge >= 0.3 is 0 Å². The molecule has 0 saturated heterocycles. The first kappa shape index (κ1) is 13.7. The lowest BCUT2D eigenvalue weighted by molar-refractivity contribution is 0.675. The number of aromatic nitrogens is 2. The van der Waals surface area contributed by atoms with E-state index in [0.717, 1.165) is 30.7 Å². The van der Waals surface area contributed by atoms with Gasteiger partial charge < -0.3 is 5.32 Å². The van der Waals surface area contributed by atoms with Gasteiger partial charge in [-0.25, -0.2) is 0 Å². The van der Waals surface area contributed by atoms with Gasteiger partial charge in [-0.15, -0.1) is 0 Å². The van der Waals surface area contributed by atoms with Crippen LogP contribution in [0.4, 0.5) is 0 Å². The van der Waals surface area contributed by atoms with Crippen LogP contribution < -0.4 is 5.32 Å². The molecule has 1 aromatic carbocycles. The summed E-state index contributed by atoms with van der Waals surface area (Å²) in [4.78, 5) is 8.89. The van der Waals surface area contributed by atoms with E-state index in [1.165, 1.54) is 16.5 Å². The monoisotopic (exact) mass is 277 g/mol. The van der Waals surface area contributed by atoms with Crippen molar-refractivity contribution in [2.24, 2.45) is 0 Å². The van der Waals surface area contributed by atoms with E-state index in [2.05, 4.69) is 58.6 Å². The number of para-hydroxylation sites is 1. The fourth-order valence-electron chi connectivity index (χ4n) is 2.41. The molecule has 0 unspecified atom stereocenters. The number of nitrogens with one attached hydrogen (secondary N) is 1. The Kier molecular flexibility index (Phi) is 4.22. The molecule has 3 heteroatoms. The Hall–Kier alpha value is -2.26. The fraction of sp³-hybridized carbons (Fsp3) is 0.222. The zero-order valence-corrected chi connectivity index (χ0v) is 12.2. The second-order valence-corrected chi connectivity index (χ2v) is 5.25. The first-order chi connectivity index (χ1) is 10.3. The van der Waals surface area contributed by atoms with Crippen LogP contribution in [0.25, 0.3) is 10.9 Å². The topological polar surface area (TPSA) is 37.8 Å². The van der Waals surface area contributed by atoms with Crippen molar-refractivity contribution < 1.29 is 0 Å². The average molecular weight is 277 g/mol. The second kappa shape index (κ2) is 6.46. The van der Waals surface area contributed by atoms with Gasteiger partial charge in [0.25, 0.3) is 0 Å². The Morgan fingerprint density at radius 2 is 1.90 bits per heavy atom. The quantitative estimate of drug-likeness (QED) is 0.727. The van der Waals surface area contributed by atoms with E-state index in [9.17, 15) is 0 Å². The average Bonchev–Trinajstić information content (AvgIpc) is 2.53. The molecule has 0 aliphatic rings. The van der Waals surface area contributed by atoms with E-state index >= 15 is 0 Å². The summed E-state index contributed by atoms with van der Waals surface area (Å²) in [7, 11) is 0. The van der Waals surface area contributed by atoms with Gasteiger partial charge in [0, 0.05) is 24.3 Å². The molecule has 0 aliphatic heterocycles. The van der Waals surface area contributed by atoms with Crippen LogP contribution in [0, 0.1) is 6.92 Å². The number of benzene rings is 1. The number of hydrogen-bond donors (Lipinski definition) is 1. The molecule has 0 fully saturated rings. The highest BCUT2D eigenvalue weighted by Gasteiger charge is 2.01. The Balaban J connectivity index is 1.58. The summed E-state index contributed by atoms with van der Waals surface area (Å²) < 4.78 is 0. The number of rotatable bonds is 5. The number of fused-ring (bicyclic) bond motifs is 1. The molecule has 3 nitrogen and oxygen atoms in total. The van der Waals surface area contributed by atoms with Crippen LogP contribution in [0.5, 0.6) is 0 Å². The van der Waals surface area contributed by atoms with Crippen molar-refractivity contribution in [2.45, 2.75) is 19.9 Å². The Morgan fingerprint density at radius 3 is 2.76 bits per heavy atom. The molecule has 0 spiro atoms. The van der Waals surface area contributed by atoms with Gasteiger partial charge in [0.05, 0.1) is 11.2 Å². The highest BCUT2D eigenvalue weighted by Crippen LogP contribution is 2.15. The standard InChI is InChI=1S/C18H19N3/c1-14-7-8-17(21-12-14)13-19-11-9-16-5-2-4-15-6-3-10-20-18(15)16/h2-8,10,12,19H,9,11,13H2,1H3. The lowest BCUT2D eigenvalue weighted by Gasteiger charge is -2.07. The Bertz CT molecular complexity index is 715. The predicted molar refractivity (Wildman–Crippen MR) is 86.1 cm³/mol. The van der Waals surface area contributed by atoms with Gasteiger partial charge in [-0.1, -0.05) is 30.3 Å². The molecule has 0 saturated carbocycles. The molecule has 0 radical (unpaired) electrons. The zero-order valence-electron chi connectivity index (χ0n) is 12.2. The van der Waals surface area contributed by atoms with Gasteiger partial charge in [0.1, 0.15) is 0 Å². The van der Waals surface area contributed by atoms with Crippen LogP contribution in [0.1, 0.15) is 16.8 Å². The van der Waals surface area contributed by atoms with Crippen molar-refractivity contribution in [2.75, 3.05) is 6.54 Å². The van der Waals surface area contributed by atoms with Gasteiger partial charge in [0.15, 0.2) is 0 Å².